The quantitative estimate of drug-likeness (QED) is 0.856. The summed E-state index contributed by atoms with van der Waals surface area (Å²) in [6, 6.07) is 17.0. The molecule has 0 spiro atoms. The number of anilines is 2. The summed E-state index contributed by atoms with van der Waals surface area (Å²) in [6.45, 7) is 3.33. The van der Waals surface area contributed by atoms with Crippen molar-refractivity contribution < 1.29 is 6.53 Å². The molecule has 3 aliphatic rings. The number of piperidine rings is 3. The highest BCUT2D eigenvalue weighted by Crippen LogP contribution is 2.47. The third-order valence-corrected chi connectivity index (χ3v) is 6.84. The standard InChI is InChI=1S/C24H33N3O.H2/c1-25(2)21-9-5-19(6-10-21)24(28,20-7-11-22(12-8-20)26(3)4)23-17-27-15-13-18(23)14-16-27;/h5-12,18,23,28H,13-17H2,1-4H3;1H. The summed E-state index contributed by atoms with van der Waals surface area (Å²) in [5.74, 6) is 0.808. The molecule has 4 nitrogen and oxygen atoms in total. The van der Waals surface area contributed by atoms with E-state index in [-0.39, 0.29) is 7.34 Å². The first-order valence-corrected chi connectivity index (χ1v) is 10.4. The van der Waals surface area contributed by atoms with Crippen LogP contribution in [0.3, 0.4) is 0 Å². The highest BCUT2D eigenvalue weighted by molar-refractivity contribution is 5.52. The van der Waals surface area contributed by atoms with Gasteiger partial charge in [-0.1, -0.05) is 24.3 Å². The van der Waals surface area contributed by atoms with Crippen LogP contribution in [0, 0.1) is 11.8 Å². The lowest BCUT2D eigenvalue weighted by molar-refractivity contribution is -0.0764. The molecule has 2 aromatic carbocycles. The van der Waals surface area contributed by atoms with E-state index in [2.05, 4.69) is 91.4 Å². The second-order valence-electron chi connectivity index (χ2n) is 8.89. The maximum atomic E-state index is 12.3. The second kappa shape index (κ2) is 7.41. The molecular weight excluding hydrogens is 346 g/mol. The van der Waals surface area contributed by atoms with Gasteiger partial charge in [-0.05, 0) is 67.2 Å². The van der Waals surface area contributed by atoms with Crippen molar-refractivity contribution >= 4 is 11.4 Å². The summed E-state index contributed by atoms with van der Waals surface area (Å²) >= 11 is 0. The Morgan fingerprint density at radius 3 is 1.57 bits per heavy atom. The summed E-state index contributed by atoms with van der Waals surface area (Å²) < 4.78 is 0. The molecule has 0 amide bonds. The number of benzene rings is 2. The zero-order chi connectivity index (χ0) is 19.9. The molecule has 3 fully saturated rings. The third-order valence-electron chi connectivity index (χ3n) is 6.84. The minimum atomic E-state index is -0.959. The molecular formula is C24H35N3O. The Balaban J connectivity index is 0.00000240. The number of rotatable bonds is 5. The minimum absolute atomic E-state index is 0. The van der Waals surface area contributed by atoms with Crippen molar-refractivity contribution in [2.75, 3.05) is 57.6 Å². The molecule has 0 aromatic heterocycles. The van der Waals surface area contributed by atoms with Gasteiger partial charge in [0.15, 0.2) is 0 Å². The zero-order valence-electron chi connectivity index (χ0n) is 17.6. The van der Waals surface area contributed by atoms with Crippen LogP contribution in [-0.4, -0.2) is 57.8 Å². The van der Waals surface area contributed by atoms with Gasteiger partial charge < -0.3 is 19.8 Å². The van der Waals surface area contributed by atoms with Crippen LogP contribution in [0.25, 0.3) is 0 Å². The van der Waals surface area contributed by atoms with Gasteiger partial charge in [0.05, 0.1) is 0 Å². The Morgan fingerprint density at radius 2 is 1.25 bits per heavy atom. The molecule has 0 radical (unpaired) electrons. The fraction of sp³-hybridized carbons (Fsp3) is 0.500. The van der Waals surface area contributed by atoms with Gasteiger partial charge in [-0.2, -0.15) is 0 Å². The third kappa shape index (κ3) is 3.29. The Kier molecular flexibility index (Phi) is 5.11. The first-order chi connectivity index (χ1) is 13.4. The van der Waals surface area contributed by atoms with Gasteiger partial charge >= 0.3 is 0 Å². The van der Waals surface area contributed by atoms with Gasteiger partial charge in [0.1, 0.15) is 5.60 Å². The lowest BCUT2D eigenvalue weighted by atomic mass is 9.65. The normalized spacial score (nSPS) is 24.2. The van der Waals surface area contributed by atoms with Crippen molar-refractivity contribution in [3.8, 4) is 0 Å². The number of hydrogen-bond acceptors (Lipinski definition) is 4. The van der Waals surface area contributed by atoms with Crippen LogP contribution in [0.1, 0.15) is 25.4 Å². The summed E-state index contributed by atoms with van der Waals surface area (Å²) in [4.78, 5) is 6.73. The molecule has 2 bridgehead atoms. The monoisotopic (exact) mass is 381 g/mol. The first-order valence-electron chi connectivity index (χ1n) is 10.4. The van der Waals surface area contributed by atoms with Gasteiger partial charge in [-0.15, -0.1) is 0 Å². The number of aliphatic hydroxyl groups is 1. The van der Waals surface area contributed by atoms with Crippen molar-refractivity contribution in [3.63, 3.8) is 0 Å². The van der Waals surface area contributed by atoms with Gasteiger partial charge in [-0.3, -0.25) is 0 Å². The van der Waals surface area contributed by atoms with E-state index in [1.807, 2.05) is 0 Å². The van der Waals surface area contributed by atoms with Crippen molar-refractivity contribution in [3.05, 3.63) is 59.7 Å². The molecule has 1 unspecified atom stereocenters. The molecule has 0 aliphatic carbocycles. The molecule has 3 aliphatic heterocycles. The molecule has 152 valence electrons. The largest absolute Gasteiger partial charge is 0.380 e. The molecule has 4 heteroatoms. The average molecular weight is 382 g/mol. The SMILES string of the molecule is CN(C)c1ccc(C(O)(c2ccc(N(C)C)cc2)C2CN3CCC2CC3)cc1.[HH]. The van der Waals surface area contributed by atoms with Crippen LogP contribution >= 0.6 is 0 Å². The molecule has 3 saturated heterocycles. The lowest BCUT2D eigenvalue weighted by Gasteiger charge is -2.51. The molecule has 2 aromatic rings. The Labute approximate surface area is 170 Å². The van der Waals surface area contributed by atoms with E-state index < -0.39 is 5.60 Å². The predicted octanol–water partition coefficient (Wildman–Crippen LogP) is 3.64. The predicted molar refractivity (Wildman–Crippen MR) is 119 cm³/mol. The highest BCUT2D eigenvalue weighted by atomic mass is 16.3. The van der Waals surface area contributed by atoms with Crippen LogP contribution in [0.4, 0.5) is 11.4 Å². The Hall–Kier alpha value is -2.04. The van der Waals surface area contributed by atoms with Crippen LogP contribution in [0.2, 0.25) is 0 Å². The van der Waals surface area contributed by atoms with Crippen LogP contribution in [-0.2, 0) is 5.60 Å². The minimum Gasteiger partial charge on any atom is -0.380 e. The van der Waals surface area contributed by atoms with E-state index in [9.17, 15) is 5.11 Å². The Morgan fingerprint density at radius 1 is 0.821 bits per heavy atom. The molecule has 1 atom stereocenters. The lowest BCUT2D eigenvalue weighted by Crippen LogP contribution is -2.55. The number of fused-ring (bicyclic) bond motifs is 3. The fourth-order valence-electron chi connectivity index (χ4n) is 5.06. The first kappa shape index (κ1) is 19.3. The molecule has 3 heterocycles. The highest BCUT2D eigenvalue weighted by Gasteiger charge is 2.48. The smallest absolute Gasteiger partial charge is 0.119 e. The van der Waals surface area contributed by atoms with E-state index in [1.54, 1.807) is 0 Å². The second-order valence-corrected chi connectivity index (χ2v) is 8.89. The number of hydrogen-bond donors (Lipinski definition) is 1. The average Bonchev–Trinajstić information content (AvgIpc) is 2.74. The molecule has 5 rings (SSSR count). The van der Waals surface area contributed by atoms with Gasteiger partial charge in [0.25, 0.3) is 0 Å². The van der Waals surface area contributed by atoms with Crippen molar-refractivity contribution in [2.24, 2.45) is 11.8 Å². The zero-order valence-corrected chi connectivity index (χ0v) is 17.6. The molecule has 0 saturated carbocycles. The van der Waals surface area contributed by atoms with Crippen molar-refractivity contribution in [2.45, 2.75) is 18.4 Å². The maximum Gasteiger partial charge on any atom is 0.119 e. The van der Waals surface area contributed by atoms with Gasteiger partial charge in [-0.25, -0.2) is 0 Å². The fourth-order valence-corrected chi connectivity index (χ4v) is 5.06. The van der Waals surface area contributed by atoms with Crippen molar-refractivity contribution in [1.29, 1.82) is 0 Å². The summed E-state index contributed by atoms with van der Waals surface area (Å²) in [6.07, 6.45) is 2.39. The van der Waals surface area contributed by atoms with E-state index in [0.717, 1.165) is 29.0 Å². The van der Waals surface area contributed by atoms with E-state index in [4.69, 9.17) is 0 Å². The summed E-state index contributed by atoms with van der Waals surface area (Å²) in [5, 5.41) is 12.3. The van der Waals surface area contributed by atoms with E-state index in [0.29, 0.717) is 5.92 Å². The summed E-state index contributed by atoms with van der Waals surface area (Å²) in [5.41, 5.74) is 3.37. The van der Waals surface area contributed by atoms with Crippen LogP contribution in [0.15, 0.2) is 48.5 Å². The van der Waals surface area contributed by atoms with E-state index >= 15 is 0 Å². The number of nitrogens with zero attached hydrogens (tertiary/aromatic N) is 3. The Bertz CT molecular complexity index is 744. The van der Waals surface area contributed by atoms with Crippen LogP contribution in [0.5, 0.6) is 0 Å². The summed E-state index contributed by atoms with van der Waals surface area (Å²) in [7, 11) is 8.20. The van der Waals surface area contributed by atoms with Gasteiger partial charge in [0, 0.05) is 53.5 Å². The van der Waals surface area contributed by atoms with Crippen molar-refractivity contribution in [1.82, 2.24) is 4.90 Å². The van der Waals surface area contributed by atoms with E-state index in [1.165, 1.54) is 25.9 Å². The molecule has 28 heavy (non-hydrogen) atoms. The van der Waals surface area contributed by atoms with Crippen LogP contribution < -0.4 is 9.80 Å². The molecule has 1 N–H and O–H groups in total. The maximum absolute atomic E-state index is 12.3. The van der Waals surface area contributed by atoms with Gasteiger partial charge in [0.2, 0.25) is 0 Å². The topological polar surface area (TPSA) is 30.0 Å².